The highest BCUT2D eigenvalue weighted by atomic mass is 35.5. The summed E-state index contributed by atoms with van der Waals surface area (Å²) in [7, 11) is 0. The maximum absolute atomic E-state index is 12.0. The Labute approximate surface area is 136 Å². The fourth-order valence-electron chi connectivity index (χ4n) is 2.26. The number of carbonyl (C=O) groups is 1. The molecule has 0 aromatic carbocycles. The van der Waals surface area contributed by atoms with Gasteiger partial charge in [0.2, 0.25) is 0 Å². The molecule has 8 nitrogen and oxygen atoms in total. The summed E-state index contributed by atoms with van der Waals surface area (Å²) in [6, 6.07) is 0. The van der Waals surface area contributed by atoms with E-state index in [0.29, 0.717) is 12.0 Å². The van der Waals surface area contributed by atoms with Crippen molar-refractivity contribution >= 4 is 23.6 Å². The van der Waals surface area contributed by atoms with Crippen molar-refractivity contribution in [2.45, 2.75) is 31.1 Å². The number of H-pyrrole nitrogens is 1. The number of nitrogens with one attached hydrogen (secondary N) is 1. The first-order valence-corrected chi connectivity index (χ1v) is 7.53. The van der Waals surface area contributed by atoms with Crippen LogP contribution in [0.3, 0.4) is 0 Å². The van der Waals surface area contributed by atoms with E-state index in [4.69, 9.17) is 26.8 Å². The van der Waals surface area contributed by atoms with Crippen LogP contribution in [0.15, 0.2) is 21.9 Å². The Morgan fingerprint density at radius 3 is 3.00 bits per heavy atom. The van der Waals surface area contributed by atoms with E-state index in [-0.39, 0.29) is 13.2 Å². The highest BCUT2D eigenvalue weighted by Gasteiger charge is 2.36. The summed E-state index contributed by atoms with van der Waals surface area (Å²) in [5.41, 5.74) is 4.43. The van der Waals surface area contributed by atoms with Crippen LogP contribution in [0.2, 0.25) is 0 Å². The number of hydrogen-bond acceptors (Lipinski definition) is 6. The Morgan fingerprint density at radius 1 is 1.61 bits per heavy atom. The second-order valence-electron chi connectivity index (χ2n) is 5.02. The average Bonchev–Trinajstić information content (AvgIpc) is 2.88. The zero-order valence-electron chi connectivity index (χ0n) is 12.5. The van der Waals surface area contributed by atoms with Crippen LogP contribution in [0, 0.1) is 0 Å². The van der Waals surface area contributed by atoms with E-state index >= 15 is 0 Å². The number of nitrogens with two attached hydrogens (primary N) is 1. The molecule has 0 radical (unpaired) electrons. The molecule has 1 aliphatic heterocycles. The lowest BCUT2D eigenvalue weighted by molar-refractivity contribution is -0.146. The Kier molecular flexibility index (Phi) is 5.75. The van der Waals surface area contributed by atoms with Gasteiger partial charge in [0, 0.05) is 12.6 Å². The van der Waals surface area contributed by atoms with Crippen LogP contribution in [0.25, 0.3) is 6.08 Å². The average molecular weight is 344 g/mol. The van der Waals surface area contributed by atoms with Crippen LogP contribution >= 0.6 is 11.6 Å². The molecular formula is C14H18ClN3O5. The molecule has 0 aliphatic carbocycles. The van der Waals surface area contributed by atoms with Crippen molar-refractivity contribution in [1.82, 2.24) is 9.55 Å². The number of aromatic nitrogens is 2. The van der Waals surface area contributed by atoms with Crippen LogP contribution in [-0.2, 0) is 14.3 Å². The molecule has 3 atom stereocenters. The summed E-state index contributed by atoms with van der Waals surface area (Å²) >= 11 is 6.19. The minimum absolute atomic E-state index is 0.0411. The zero-order chi connectivity index (χ0) is 17.0. The van der Waals surface area contributed by atoms with Gasteiger partial charge in [-0.15, -0.1) is 11.6 Å². The summed E-state index contributed by atoms with van der Waals surface area (Å²) < 4.78 is 11.9. The van der Waals surface area contributed by atoms with Crippen molar-refractivity contribution < 1.29 is 14.3 Å². The highest BCUT2D eigenvalue weighted by Crippen LogP contribution is 2.31. The molecule has 2 rings (SSSR count). The van der Waals surface area contributed by atoms with Crippen LogP contribution in [0.4, 0.5) is 0 Å². The molecule has 1 aromatic rings. The van der Waals surface area contributed by atoms with Crippen molar-refractivity contribution in [1.29, 1.82) is 0 Å². The number of esters is 1. The third-order valence-electron chi connectivity index (χ3n) is 3.39. The van der Waals surface area contributed by atoms with Gasteiger partial charge in [-0.2, -0.15) is 0 Å². The molecule has 23 heavy (non-hydrogen) atoms. The van der Waals surface area contributed by atoms with E-state index < -0.39 is 34.9 Å². The predicted octanol–water partition coefficient (Wildman–Crippen LogP) is -0.0335. The van der Waals surface area contributed by atoms with Gasteiger partial charge in [-0.25, -0.2) is 4.79 Å². The molecule has 1 aliphatic rings. The van der Waals surface area contributed by atoms with Crippen LogP contribution in [0.1, 0.15) is 25.1 Å². The third kappa shape index (κ3) is 4.10. The van der Waals surface area contributed by atoms with E-state index in [1.165, 1.54) is 10.8 Å². The van der Waals surface area contributed by atoms with Crippen molar-refractivity contribution in [2.75, 3.05) is 13.2 Å². The number of hydrogen-bond donors (Lipinski definition) is 2. The van der Waals surface area contributed by atoms with Gasteiger partial charge in [-0.1, -0.05) is 12.2 Å². The van der Waals surface area contributed by atoms with E-state index in [2.05, 4.69) is 4.98 Å². The van der Waals surface area contributed by atoms with Crippen molar-refractivity contribution in [3.8, 4) is 0 Å². The van der Waals surface area contributed by atoms with E-state index in [1.807, 2.05) is 0 Å². The van der Waals surface area contributed by atoms with Crippen molar-refractivity contribution in [2.24, 2.45) is 5.73 Å². The van der Waals surface area contributed by atoms with Crippen molar-refractivity contribution in [3.63, 3.8) is 0 Å². The second-order valence-corrected chi connectivity index (χ2v) is 5.58. The first-order chi connectivity index (χ1) is 11.0. The summed E-state index contributed by atoms with van der Waals surface area (Å²) in [4.78, 5) is 37.0. The summed E-state index contributed by atoms with van der Waals surface area (Å²) in [5, 5.41) is -0.436. The molecule has 0 spiro atoms. The van der Waals surface area contributed by atoms with Gasteiger partial charge in [-0.05, 0) is 6.92 Å². The number of nitrogens with zero attached hydrogens (tertiary/aromatic N) is 1. The molecule has 1 saturated heterocycles. The minimum atomic E-state index is -0.646. The summed E-state index contributed by atoms with van der Waals surface area (Å²) in [5.74, 6) is -0.558. The van der Waals surface area contributed by atoms with E-state index in [9.17, 15) is 14.4 Å². The number of ether oxygens (including phenoxy) is 2. The van der Waals surface area contributed by atoms with E-state index in [1.54, 1.807) is 19.1 Å². The number of halogens is 1. The second kappa shape index (κ2) is 7.58. The molecule has 0 amide bonds. The molecule has 9 heteroatoms. The quantitative estimate of drug-likeness (QED) is 0.572. The number of carbonyl (C=O) groups excluding carboxylic acids is 1. The Morgan fingerprint density at radius 2 is 2.35 bits per heavy atom. The molecular weight excluding hydrogens is 326 g/mol. The van der Waals surface area contributed by atoms with Crippen LogP contribution in [0.5, 0.6) is 0 Å². The van der Waals surface area contributed by atoms with Gasteiger partial charge >= 0.3 is 11.7 Å². The first kappa shape index (κ1) is 17.5. The number of allylic oxidation sites excluding steroid dienone is 1. The van der Waals surface area contributed by atoms with Gasteiger partial charge in [0.1, 0.15) is 18.9 Å². The molecule has 1 aromatic heterocycles. The lowest BCUT2D eigenvalue weighted by Gasteiger charge is -2.16. The maximum atomic E-state index is 12.0. The van der Waals surface area contributed by atoms with Gasteiger partial charge in [0.15, 0.2) is 0 Å². The lowest BCUT2D eigenvalue weighted by Crippen LogP contribution is -2.33. The molecule has 3 N–H and O–H groups in total. The van der Waals surface area contributed by atoms with Gasteiger partial charge in [0.05, 0.1) is 17.5 Å². The van der Waals surface area contributed by atoms with E-state index in [0.717, 1.165) is 0 Å². The van der Waals surface area contributed by atoms with Gasteiger partial charge in [-0.3, -0.25) is 19.1 Å². The molecule has 3 unspecified atom stereocenters. The Hall–Kier alpha value is -1.90. The fourth-order valence-corrected chi connectivity index (χ4v) is 2.54. The minimum Gasteiger partial charge on any atom is -0.462 e. The van der Waals surface area contributed by atoms with Crippen LogP contribution in [-0.4, -0.2) is 40.2 Å². The first-order valence-electron chi connectivity index (χ1n) is 7.09. The van der Waals surface area contributed by atoms with Gasteiger partial charge in [0.25, 0.3) is 5.56 Å². The molecule has 1 fully saturated rings. The van der Waals surface area contributed by atoms with Crippen molar-refractivity contribution in [3.05, 3.63) is 38.7 Å². The number of rotatable bonds is 5. The molecule has 2 heterocycles. The van der Waals surface area contributed by atoms with Gasteiger partial charge < -0.3 is 15.2 Å². The predicted molar refractivity (Wildman–Crippen MR) is 84.2 cm³/mol. The standard InChI is InChI=1S/C14H18ClN3O5/c1-2-3-8-6-18(14(21)17-13(8)20)11-4-9(15)10(23-11)7-22-12(19)5-16/h2-3,6,9-11H,4-5,7,16H2,1H3,(H,17,20,21)/b3-2+. The molecule has 0 bridgehead atoms. The Bertz CT molecular complexity index is 711. The van der Waals surface area contributed by atoms with Crippen LogP contribution < -0.4 is 17.0 Å². The SMILES string of the molecule is C/C=C/c1cn(C2CC(Cl)C(COC(=O)CN)O2)c(=O)[nH]c1=O. The molecule has 0 saturated carbocycles. The largest absolute Gasteiger partial charge is 0.462 e. The zero-order valence-corrected chi connectivity index (χ0v) is 13.3. The third-order valence-corrected chi connectivity index (χ3v) is 3.85. The monoisotopic (exact) mass is 343 g/mol. The summed E-state index contributed by atoms with van der Waals surface area (Å²) in [6.07, 6.45) is 3.84. The lowest BCUT2D eigenvalue weighted by atomic mass is 10.2. The highest BCUT2D eigenvalue weighted by molar-refractivity contribution is 6.21. The smallest absolute Gasteiger partial charge is 0.330 e. The maximum Gasteiger partial charge on any atom is 0.330 e. The number of aromatic amines is 1. The fraction of sp³-hybridized carbons (Fsp3) is 0.500. The normalized spacial score (nSPS) is 24.2. The molecule has 126 valence electrons. The number of alkyl halides is 1. The summed E-state index contributed by atoms with van der Waals surface area (Å²) in [6.45, 7) is 1.49. The Balaban J connectivity index is 2.17. The topological polar surface area (TPSA) is 116 Å².